The first kappa shape index (κ1) is 11.2. The van der Waals surface area contributed by atoms with E-state index in [4.69, 9.17) is 10.5 Å². The zero-order valence-electron chi connectivity index (χ0n) is 9.46. The zero-order valence-corrected chi connectivity index (χ0v) is 9.46. The minimum atomic E-state index is -0.578. The van der Waals surface area contributed by atoms with E-state index in [1.54, 1.807) is 19.4 Å². The zero-order chi connectivity index (χ0) is 12.3. The monoisotopic (exact) mass is 231 g/mol. The van der Waals surface area contributed by atoms with Crippen LogP contribution in [0.2, 0.25) is 0 Å². The van der Waals surface area contributed by atoms with Gasteiger partial charge in [0.05, 0.1) is 12.8 Å². The van der Waals surface area contributed by atoms with Gasteiger partial charge in [-0.1, -0.05) is 12.1 Å². The van der Waals surface area contributed by atoms with Crippen LogP contribution < -0.4 is 10.5 Å². The summed E-state index contributed by atoms with van der Waals surface area (Å²) in [6.45, 7) is 0. The van der Waals surface area contributed by atoms with Gasteiger partial charge in [0.25, 0.3) is 0 Å². The Morgan fingerprint density at radius 2 is 2.06 bits per heavy atom. The van der Waals surface area contributed by atoms with E-state index in [1.165, 1.54) is 0 Å². The number of aromatic nitrogens is 2. The Kier molecular flexibility index (Phi) is 3.09. The first-order valence-corrected chi connectivity index (χ1v) is 5.16. The van der Waals surface area contributed by atoms with Gasteiger partial charge in [-0.3, -0.25) is 0 Å². The second-order valence-corrected chi connectivity index (χ2v) is 3.61. The minimum absolute atomic E-state index is 0.578. The number of ether oxygens (including phenoxy) is 1. The Morgan fingerprint density at radius 3 is 2.59 bits per heavy atom. The van der Waals surface area contributed by atoms with Crippen LogP contribution in [0.5, 0.6) is 5.75 Å². The topological polar surface area (TPSA) is 70.1 Å². The van der Waals surface area contributed by atoms with Crippen molar-refractivity contribution >= 4 is 6.03 Å². The molecule has 2 aromatic rings. The van der Waals surface area contributed by atoms with E-state index in [1.807, 2.05) is 24.3 Å². The van der Waals surface area contributed by atoms with Crippen LogP contribution in [-0.4, -0.2) is 22.9 Å². The van der Waals surface area contributed by atoms with Gasteiger partial charge >= 0.3 is 6.03 Å². The SMILES string of the molecule is COc1ccc(Cc2ccn(C(N)=O)n2)cc1. The highest BCUT2D eigenvalue weighted by Crippen LogP contribution is 2.13. The molecule has 0 aliphatic carbocycles. The summed E-state index contributed by atoms with van der Waals surface area (Å²) in [5.41, 5.74) is 7.00. The van der Waals surface area contributed by atoms with Crippen molar-refractivity contribution in [3.63, 3.8) is 0 Å². The molecule has 1 amide bonds. The molecule has 0 radical (unpaired) electrons. The van der Waals surface area contributed by atoms with Crippen molar-refractivity contribution in [3.8, 4) is 5.75 Å². The normalized spacial score (nSPS) is 10.2. The molecule has 2 rings (SSSR count). The highest BCUT2D eigenvalue weighted by atomic mass is 16.5. The maximum Gasteiger partial charge on any atom is 0.339 e. The third-order valence-corrected chi connectivity index (χ3v) is 2.41. The van der Waals surface area contributed by atoms with Crippen LogP contribution in [-0.2, 0) is 6.42 Å². The molecule has 1 aromatic heterocycles. The molecule has 5 nitrogen and oxygen atoms in total. The lowest BCUT2D eigenvalue weighted by atomic mass is 10.1. The molecular formula is C12H13N3O2. The smallest absolute Gasteiger partial charge is 0.339 e. The van der Waals surface area contributed by atoms with Crippen LogP contribution in [0, 0.1) is 0 Å². The third-order valence-electron chi connectivity index (χ3n) is 2.41. The Bertz CT molecular complexity index is 517. The number of hydrogen-bond acceptors (Lipinski definition) is 3. The number of primary amides is 1. The Morgan fingerprint density at radius 1 is 1.35 bits per heavy atom. The highest BCUT2D eigenvalue weighted by Gasteiger charge is 2.03. The molecule has 0 bridgehead atoms. The van der Waals surface area contributed by atoms with Crippen LogP contribution in [0.4, 0.5) is 4.79 Å². The lowest BCUT2D eigenvalue weighted by molar-refractivity contribution is 0.247. The fourth-order valence-electron chi connectivity index (χ4n) is 1.53. The highest BCUT2D eigenvalue weighted by molar-refractivity contribution is 5.73. The van der Waals surface area contributed by atoms with E-state index in [0.29, 0.717) is 6.42 Å². The summed E-state index contributed by atoms with van der Waals surface area (Å²) in [6.07, 6.45) is 2.21. The van der Waals surface area contributed by atoms with E-state index in [0.717, 1.165) is 21.7 Å². The van der Waals surface area contributed by atoms with E-state index < -0.39 is 6.03 Å². The largest absolute Gasteiger partial charge is 0.497 e. The summed E-state index contributed by atoms with van der Waals surface area (Å²) in [6, 6.07) is 8.89. The summed E-state index contributed by atoms with van der Waals surface area (Å²) in [7, 11) is 1.63. The van der Waals surface area contributed by atoms with Crippen LogP contribution >= 0.6 is 0 Å². The number of rotatable bonds is 3. The summed E-state index contributed by atoms with van der Waals surface area (Å²) in [5.74, 6) is 0.816. The molecular weight excluding hydrogens is 218 g/mol. The van der Waals surface area contributed by atoms with Gasteiger partial charge in [0, 0.05) is 12.6 Å². The fraction of sp³-hybridized carbons (Fsp3) is 0.167. The molecule has 0 saturated carbocycles. The quantitative estimate of drug-likeness (QED) is 0.868. The third kappa shape index (κ3) is 2.63. The molecule has 17 heavy (non-hydrogen) atoms. The number of benzene rings is 1. The number of amides is 1. The van der Waals surface area contributed by atoms with Gasteiger partial charge < -0.3 is 10.5 Å². The maximum atomic E-state index is 10.9. The van der Waals surface area contributed by atoms with E-state index in [2.05, 4.69) is 5.10 Å². The van der Waals surface area contributed by atoms with Crippen molar-refractivity contribution in [1.82, 2.24) is 9.78 Å². The van der Waals surface area contributed by atoms with Crippen LogP contribution in [0.1, 0.15) is 11.3 Å². The number of carbonyl (C=O) groups is 1. The van der Waals surface area contributed by atoms with Crippen LogP contribution in [0.15, 0.2) is 36.5 Å². The Hall–Kier alpha value is -2.30. The van der Waals surface area contributed by atoms with Crippen molar-refractivity contribution in [2.75, 3.05) is 7.11 Å². The number of methoxy groups -OCH3 is 1. The van der Waals surface area contributed by atoms with Gasteiger partial charge in [-0.2, -0.15) is 9.78 Å². The second kappa shape index (κ2) is 4.69. The molecule has 0 saturated heterocycles. The van der Waals surface area contributed by atoms with E-state index in [-0.39, 0.29) is 0 Å². The average Bonchev–Trinajstić information content (AvgIpc) is 2.79. The molecule has 88 valence electrons. The van der Waals surface area contributed by atoms with Crippen LogP contribution in [0.25, 0.3) is 0 Å². The number of nitrogens with two attached hydrogens (primary N) is 1. The van der Waals surface area contributed by atoms with E-state index in [9.17, 15) is 4.79 Å². The Labute approximate surface area is 98.8 Å². The standard InChI is InChI=1S/C12H13N3O2/c1-17-11-4-2-9(3-5-11)8-10-6-7-15(14-10)12(13)16/h2-7H,8H2,1H3,(H2,13,16). The maximum absolute atomic E-state index is 10.9. The molecule has 1 heterocycles. The summed E-state index contributed by atoms with van der Waals surface area (Å²) in [4.78, 5) is 10.9. The van der Waals surface area contributed by atoms with Gasteiger partial charge in [0.2, 0.25) is 0 Å². The average molecular weight is 231 g/mol. The molecule has 1 aromatic carbocycles. The predicted octanol–water partition coefficient (Wildman–Crippen LogP) is 1.41. The molecule has 0 aliphatic heterocycles. The molecule has 0 aliphatic rings. The van der Waals surface area contributed by atoms with Gasteiger partial charge in [-0.25, -0.2) is 4.79 Å². The first-order chi connectivity index (χ1) is 8.19. The molecule has 0 spiro atoms. The predicted molar refractivity (Wildman–Crippen MR) is 63.0 cm³/mol. The number of carbonyl (C=O) groups excluding carboxylic acids is 1. The number of hydrogen-bond donors (Lipinski definition) is 1. The fourth-order valence-corrected chi connectivity index (χ4v) is 1.53. The van der Waals surface area contributed by atoms with Crippen molar-refractivity contribution in [1.29, 1.82) is 0 Å². The molecule has 0 atom stereocenters. The summed E-state index contributed by atoms with van der Waals surface area (Å²) in [5, 5.41) is 4.06. The lowest BCUT2D eigenvalue weighted by Crippen LogP contribution is -2.20. The van der Waals surface area contributed by atoms with E-state index >= 15 is 0 Å². The summed E-state index contributed by atoms with van der Waals surface area (Å²) < 4.78 is 6.20. The van der Waals surface area contributed by atoms with Crippen molar-refractivity contribution in [2.45, 2.75) is 6.42 Å². The van der Waals surface area contributed by atoms with Gasteiger partial charge in [0.1, 0.15) is 5.75 Å². The second-order valence-electron chi connectivity index (χ2n) is 3.61. The Balaban J connectivity index is 2.11. The molecule has 5 heteroatoms. The first-order valence-electron chi connectivity index (χ1n) is 5.16. The summed E-state index contributed by atoms with van der Waals surface area (Å²) >= 11 is 0. The van der Waals surface area contributed by atoms with Crippen molar-refractivity contribution < 1.29 is 9.53 Å². The van der Waals surface area contributed by atoms with Crippen molar-refractivity contribution in [2.24, 2.45) is 5.73 Å². The van der Waals surface area contributed by atoms with Gasteiger partial charge in [-0.05, 0) is 23.8 Å². The van der Waals surface area contributed by atoms with Gasteiger partial charge in [-0.15, -0.1) is 0 Å². The minimum Gasteiger partial charge on any atom is -0.497 e. The number of nitrogens with zero attached hydrogens (tertiary/aromatic N) is 2. The van der Waals surface area contributed by atoms with Gasteiger partial charge in [0.15, 0.2) is 0 Å². The molecule has 2 N–H and O–H groups in total. The van der Waals surface area contributed by atoms with Crippen molar-refractivity contribution in [3.05, 3.63) is 47.8 Å². The molecule has 0 unspecified atom stereocenters. The molecule has 0 fully saturated rings. The van der Waals surface area contributed by atoms with Crippen LogP contribution in [0.3, 0.4) is 0 Å². The lowest BCUT2D eigenvalue weighted by Gasteiger charge is -2.01.